The lowest BCUT2D eigenvalue weighted by molar-refractivity contribution is -0.113. The predicted molar refractivity (Wildman–Crippen MR) is 66.4 cm³/mol. The van der Waals surface area contributed by atoms with E-state index in [4.69, 9.17) is 9.47 Å². The first-order valence-electron chi connectivity index (χ1n) is 5.76. The molecule has 0 fully saturated rings. The quantitative estimate of drug-likeness (QED) is 0.735. The maximum absolute atomic E-state index is 11.2. The first-order valence-corrected chi connectivity index (χ1v) is 5.76. The number of hydrogen-bond donors (Lipinski definition) is 0. The zero-order valence-electron chi connectivity index (χ0n) is 10.2. The monoisotopic (exact) mass is 232 g/mol. The molecule has 0 aromatic heterocycles. The summed E-state index contributed by atoms with van der Waals surface area (Å²) in [5.41, 5.74) is 1.70. The lowest BCUT2D eigenvalue weighted by atomic mass is 10.1. The molecule has 0 saturated carbocycles. The molecule has 0 atom stereocenters. The first kappa shape index (κ1) is 11.7. The number of rotatable bonds is 2. The van der Waals surface area contributed by atoms with Gasteiger partial charge in [0.15, 0.2) is 17.3 Å². The van der Waals surface area contributed by atoms with Crippen LogP contribution in [0.5, 0.6) is 11.5 Å². The minimum Gasteiger partial charge on any atom is -0.490 e. The van der Waals surface area contributed by atoms with Crippen LogP contribution >= 0.6 is 0 Å². The highest BCUT2D eigenvalue weighted by Crippen LogP contribution is 2.31. The molecule has 0 saturated heterocycles. The second-order valence-electron chi connectivity index (χ2n) is 4.14. The van der Waals surface area contributed by atoms with Gasteiger partial charge in [0.25, 0.3) is 0 Å². The van der Waals surface area contributed by atoms with E-state index in [1.54, 1.807) is 6.92 Å². The van der Waals surface area contributed by atoms with Crippen molar-refractivity contribution in [3.8, 4) is 11.5 Å². The number of Topliss-reactive ketones (excluding diaryl/α,β-unsaturated/α-hetero) is 1. The van der Waals surface area contributed by atoms with E-state index < -0.39 is 0 Å². The van der Waals surface area contributed by atoms with Crippen molar-refractivity contribution in [2.24, 2.45) is 0 Å². The third-order valence-electron chi connectivity index (χ3n) is 2.71. The zero-order valence-corrected chi connectivity index (χ0v) is 10.2. The van der Waals surface area contributed by atoms with E-state index in [0.29, 0.717) is 13.2 Å². The fourth-order valence-electron chi connectivity index (χ4n) is 1.62. The normalized spacial score (nSPS) is 15.3. The Balaban J connectivity index is 2.29. The van der Waals surface area contributed by atoms with Gasteiger partial charge in [-0.15, -0.1) is 0 Å². The van der Waals surface area contributed by atoms with E-state index >= 15 is 0 Å². The summed E-state index contributed by atoms with van der Waals surface area (Å²) in [5.74, 6) is 1.62. The van der Waals surface area contributed by atoms with Gasteiger partial charge in [0, 0.05) is 6.42 Å². The van der Waals surface area contributed by atoms with Crippen LogP contribution in [-0.2, 0) is 4.79 Å². The SMILES string of the molecule is CC(=O)/C(C)=C/c1ccc2c(c1)OCCCO2. The summed E-state index contributed by atoms with van der Waals surface area (Å²) in [6, 6.07) is 5.73. The van der Waals surface area contributed by atoms with Gasteiger partial charge in [-0.2, -0.15) is 0 Å². The summed E-state index contributed by atoms with van der Waals surface area (Å²) in [4.78, 5) is 11.2. The lowest BCUT2D eigenvalue weighted by Gasteiger charge is -2.07. The van der Waals surface area contributed by atoms with Crippen LogP contribution in [0.1, 0.15) is 25.8 Å². The summed E-state index contributed by atoms with van der Waals surface area (Å²) < 4.78 is 11.1. The predicted octanol–water partition coefficient (Wildman–Crippen LogP) is 2.84. The van der Waals surface area contributed by atoms with Gasteiger partial charge in [0.1, 0.15) is 0 Å². The summed E-state index contributed by atoms with van der Waals surface area (Å²) in [5, 5.41) is 0. The number of carbonyl (C=O) groups excluding carboxylic acids is 1. The maximum atomic E-state index is 11.2. The summed E-state index contributed by atoms with van der Waals surface area (Å²) in [6.07, 6.45) is 2.75. The number of ketones is 1. The molecule has 1 aliphatic rings. The molecule has 0 bridgehead atoms. The van der Waals surface area contributed by atoms with Gasteiger partial charge in [0.2, 0.25) is 0 Å². The van der Waals surface area contributed by atoms with Gasteiger partial charge in [-0.1, -0.05) is 6.07 Å². The van der Waals surface area contributed by atoms with Gasteiger partial charge < -0.3 is 9.47 Å². The molecule has 2 rings (SSSR count). The van der Waals surface area contributed by atoms with Gasteiger partial charge in [-0.25, -0.2) is 0 Å². The van der Waals surface area contributed by atoms with Crippen molar-refractivity contribution in [2.45, 2.75) is 20.3 Å². The molecule has 3 heteroatoms. The highest BCUT2D eigenvalue weighted by Gasteiger charge is 2.10. The molecule has 1 aromatic rings. The van der Waals surface area contributed by atoms with Crippen molar-refractivity contribution in [1.82, 2.24) is 0 Å². The second kappa shape index (κ2) is 5.04. The highest BCUT2D eigenvalue weighted by molar-refractivity contribution is 5.97. The number of benzene rings is 1. The molecule has 0 radical (unpaired) electrons. The Kier molecular flexibility index (Phi) is 3.47. The average Bonchev–Trinajstić information content (AvgIpc) is 2.53. The Morgan fingerprint density at radius 3 is 2.59 bits per heavy atom. The molecule has 1 aromatic carbocycles. The Bertz CT molecular complexity index is 461. The zero-order chi connectivity index (χ0) is 12.3. The maximum Gasteiger partial charge on any atom is 0.161 e. The molecule has 1 aliphatic heterocycles. The van der Waals surface area contributed by atoms with Crippen molar-refractivity contribution in [3.63, 3.8) is 0 Å². The number of fused-ring (bicyclic) bond motifs is 1. The molecule has 0 unspecified atom stereocenters. The Labute approximate surface area is 101 Å². The fraction of sp³-hybridized carbons (Fsp3) is 0.357. The molecule has 0 amide bonds. The van der Waals surface area contributed by atoms with E-state index in [2.05, 4.69) is 0 Å². The van der Waals surface area contributed by atoms with Crippen molar-refractivity contribution in [3.05, 3.63) is 29.3 Å². The van der Waals surface area contributed by atoms with E-state index in [-0.39, 0.29) is 5.78 Å². The van der Waals surface area contributed by atoms with E-state index in [0.717, 1.165) is 29.1 Å². The van der Waals surface area contributed by atoms with Gasteiger partial charge in [-0.3, -0.25) is 4.79 Å². The minimum atomic E-state index is 0.0807. The molecular weight excluding hydrogens is 216 g/mol. The molecule has 0 aliphatic carbocycles. The molecular formula is C14H16O3. The van der Waals surface area contributed by atoms with Crippen LogP contribution in [0, 0.1) is 0 Å². The van der Waals surface area contributed by atoms with Crippen molar-refractivity contribution in [1.29, 1.82) is 0 Å². The highest BCUT2D eigenvalue weighted by atomic mass is 16.5. The lowest BCUT2D eigenvalue weighted by Crippen LogP contribution is -1.97. The smallest absolute Gasteiger partial charge is 0.161 e. The average molecular weight is 232 g/mol. The third kappa shape index (κ3) is 2.87. The number of ether oxygens (including phenoxy) is 2. The summed E-state index contributed by atoms with van der Waals surface area (Å²) >= 11 is 0. The van der Waals surface area contributed by atoms with Crippen LogP contribution < -0.4 is 9.47 Å². The van der Waals surface area contributed by atoms with Gasteiger partial charge in [0.05, 0.1) is 13.2 Å². The molecule has 0 N–H and O–H groups in total. The number of allylic oxidation sites excluding steroid dienone is 1. The first-order chi connectivity index (χ1) is 8.16. The van der Waals surface area contributed by atoms with Crippen LogP contribution in [0.4, 0.5) is 0 Å². The summed E-state index contributed by atoms with van der Waals surface area (Å²) in [7, 11) is 0. The topological polar surface area (TPSA) is 35.5 Å². The molecule has 90 valence electrons. The van der Waals surface area contributed by atoms with Crippen LogP contribution in [0.2, 0.25) is 0 Å². The van der Waals surface area contributed by atoms with Crippen LogP contribution in [0.25, 0.3) is 6.08 Å². The van der Waals surface area contributed by atoms with E-state index in [9.17, 15) is 4.79 Å². The standard InChI is InChI=1S/C14H16O3/c1-10(11(2)15)8-12-4-5-13-14(9-12)17-7-3-6-16-13/h4-5,8-9H,3,6-7H2,1-2H3/b10-8+. The number of hydrogen-bond acceptors (Lipinski definition) is 3. The van der Waals surface area contributed by atoms with Gasteiger partial charge >= 0.3 is 0 Å². The van der Waals surface area contributed by atoms with Crippen molar-refractivity contribution in [2.75, 3.05) is 13.2 Å². The Hall–Kier alpha value is -1.77. The molecule has 1 heterocycles. The third-order valence-corrected chi connectivity index (χ3v) is 2.71. The van der Waals surface area contributed by atoms with Crippen molar-refractivity contribution < 1.29 is 14.3 Å². The fourth-order valence-corrected chi connectivity index (χ4v) is 1.62. The molecule has 0 spiro atoms. The van der Waals surface area contributed by atoms with Crippen LogP contribution in [0.15, 0.2) is 23.8 Å². The largest absolute Gasteiger partial charge is 0.490 e. The van der Waals surface area contributed by atoms with Gasteiger partial charge in [-0.05, 0) is 43.2 Å². The Morgan fingerprint density at radius 1 is 1.18 bits per heavy atom. The van der Waals surface area contributed by atoms with Crippen LogP contribution in [-0.4, -0.2) is 19.0 Å². The second-order valence-corrected chi connectivity index (χ2v) is 4.14. The molecule has 17 heavy (non-hydrogen) atoms. The van der Waals surface area contributed by atoms with E-state index in [1.807, 2.05) is 31.2 Å². The molecule has 3 nitrogen and oxygen atoms in total. The minimum absolute atomic E-state index is 0.0807. The summed E-state index contributed by atoms with van der Waals surface area (Å²) in [6.45, 7) is 4.74. The number of carbonyl (C=O) groups is 1. The Morgan fingerprint density at radius 2 is 1.88 bits per heavy atom. The van der Waals surface area contributed by atoms with Crippen LogP contribution in [0.3, 0.4) is 0 Å². The van der Waals surface area contributed by atoms with E-state index in [1.165, 1.54) is 0 Å². The van der Waals surface area contributed by atoms with Crippen molar-refractivity contribution >= 4 is 11.9 Å².